The summed E-state index contributed by atoms with van der Waals surface area (Å²) < 4.78 is 0. The summed E-state index contributed by atoms with van der Waals surface area (Å²) in [5, 5.41) is 9.17. The third-order valence-corrected chi connectivity index (χ3v) is 4.74. The maximum Gasteiger partial charge on any atom is 0.0608 e. The minimum Gasteiger partial charge on any atom is -0.394 e. The van der Waals surface area contributed by atoms with E-state index in [0.29, 0.717) is 0 Å². The first-order valence-corrected chi connectivity index (χ1v) is 7.23. The van der Waals surface area contributed by atoms with Crippen LogP contribution >= 0.6 is 0 Å². The topological polar surface area (TPSA) is 49.5 Å². The Kier molecular flexibility index (Phi) is 4.45. The Morgan fingerprint density at radius 3 is 2.65 bits per heavy atom. The molecule has 3 unspecified atom stereocenters. The molecule has 0 bridgehead atoms. The zero-order valence-corrected chi connectivity index (χ0v) is 11.2. The maximum absolute atomic E-state index is 9.17. The van der Waals surface area contributed by atoms with E-state index in [4.69, 9.17) is 10.8 Å². The molecule has 17 heavy (non-hydrogen) atoms. The second kappa shape index (κ2) is 5.68. The van der Waals surface area contributed by atoms with Gasteiger partial charge in [-0.3, -0.25) is 0 Å². The van der Waals surface area contributed by atoms with Crippen LogP contribution in [-0.4, -0.2) is 41.8 Å². The molecule has 3 N–H and O–H groups in total. The second-order valence-electron chi connectivity index (χ2n) is 6.46. The highest BCUT2D eigenvalue weighted by molar-refractivity contribution is 4.85. The normalized spacial score (nSPS) is 34.1. The summed E-state index contributed by atoms with van der Waals surface area (Å²) in [5.41, 5.74) is 5.59. The van der Waals surface area contributed by atoms with E-state index in [9.17, 15) is 0 Å². The van der Waals surface area contributed by atoms with Gasteiger partial charge >= 0.3 is 0 Å². The van der Waals surface area contributed by atoms with Crippen molar-refractivity contribution in [3.8, 4) is 0 Å². The van der Waals surface area contributed by atoms with Gasteiger partial charge in [-0.2, -0.15) is 0 Å². The Morgan fingerprint density at radius 1 is 1.24 bits per heavy atom. The van der Waals surface area contributed by atoms with Gasteiger partial charge in [-0.25, -0.2) is 0 Å². The Morgan fingerprint density at radius 2 is 1.94 bits per heavy atom. The van der Waals surface area contributed by atoms with Gasteiger partial charge in [-0.1, -0.05) is 19.3 Å². The molecular formula is C14H28N2O. The average molecular weight is 240 g/mol. The zero-order valence-electron chi connectivity index (χ0n) is 11.2. The summed E-state index contributed by atoms with van der Waals surface area (Å²) in [5.74, 6) is 1.94. The van der Waals surface area contributed by atoms with Crippen LogP contribution in [0.1, 0.15) is 45.4 Å². The Balaban J connectivity index is 1.76. The van der Waals surface area contributed by atoms with Crippen molar-refractivity contribution in [2.45, 2.75) is 51.0 Å². The van der Waals surface area contributed by atoms with E-state index in [1.807, 2.05) is 6.92 Å². The number of fused-ring (bicyclic) bond motifs is 1. The molecule has 3 atom stereocenters. The van der Waals surface area contributed by atoms with Crippen LogP contribution in [0.25, 0.3) is 0 Å². The van der Waals surface area contributed by atoms with Crippen LogP contribution in [0.3, 0.4) is 0 Å². The number of hydrogen-bond acceptors (Lipinski definition) is 3. The molecule has 1 aliphatic heterocycles. The average Bonchev–Trinajstić information content (AvgIpc) is 2.36. The van der Waals surface area contributed by atoms with Gasteiger partial charge in [0.2, 0.25) is 0 Å². The van der Waals surface area contributed by atoms with Crippen LogP contribution in [0.15, 0.2) is 0 Å². The van der Waals surface area contributed by atoms with Gasteiger partial charge in [0, 0.05) is 12.1 Å². The first kappa shape index (κ1) is 13.3. The van der Waals surface area contributed by atoms with Crippen molar-refractivity contribution >= 4 is 0 Å². The van der Waals surface area contributed by atoms with Crippen LogP contribution in [0.4, 0.5) is 0 Å². The van der Waals surface area contributed by atoms with E-state index in [2.05, 4.69) is 4.90 Å². The predicted molar refractivity (Wildman–Crippen MR) is 70.8 cm³/mol. The summed E-state index contributed by atoms with van der Waals surface area (Å²) >= 11 is 0. The van der Waals surface area contributed by atoms with Gasteiger partial charge in [0.25, 0.3) is 0 Å². The Labute approximate surface area is 105 Å². The van der Waals surface area contributed by atoms with Crippen molar-refractivity contribution in [3.63, 3.8) is 0 Å². The number of rotatable bonds is 4. The molecule has 0 aromatic carbocycles. The number of nitrogens with two attached hydrogens (primary N) is 1. The third-order valence-electron chi connectivity index (χ3n) is 4.74. The number of aliphatic hydroxyl groups is 1. The zero-order chi connectivity index (χ0) is 12.3. The molecular weight excluding hydrogens is 212 g/mol. The SMILES string of the molecule is CC(N)(CO)CCN1CCC2CCCCC2C1. The van der Waals surface area contributed by atoms with Gasteiger partial charge in [-0.05, 0) is 51.1 Å². The number of nitrogens with zero attached hydrogens (tertiary/aromatic N) is 1. The fourth-order valence-corrected chi connectivity index (χ4v) is 3.37. The summed E-state index contributed by atoms with van der Waals surface area (Å²) in [6.07, 6.45) is 8.06. The maximum atomic E-state index is 9.17. The molecule has 1 aliphatic carbocycles. The Hall–Kier alpha value is -0.120. The number of piperidine rings is 1. The van der Waals surface area contributed by atoms with Gasteiger partial charge in [-0.15, -0.1) is 0 Å². The van der Waals surface area contributed by atoms with Crippen molar-refractivity contribution in [3.05, 3.63) is 0 Å². The molecule has 2 rings (SSSR count). The van der Waals surface area contributed by atoms with E-state index in [1.54, 1.807) is 0 Å². The highest BCUT2D eigenvalue weighted by atomic mass is 16.3. The van der Waals surface area contributed by atoms with Gasteiger partial charge in [0.1, 0.15) is 0 Å². The van der Waals surface area contributed by atoms with E-state index >= 15 is 0 Å². The van der Waals surface area contributed by atoms with Crippen molar-refractivity contribution in [2.75, 3.05) is 26.2 Å². The summed E-state index contributed by atoms with van der Waals surface area (Å²) in [7, 11) is 0. The van der Waals surface area contributed by atoms with Crippen molar-refractivity contribution < 1.29 is 5.11 Å². The largest absolute Gasteiger partial charge is 0.394 e. The lowest BCUT2D eigenvalue weighted by Gasteiger charge is -2.42. The molecule has 1 saturated carbocycles. The number of hydrogen-bond donors (Lipinski definition) is 2. The Bertz CT molecular complexity index is 242. The van der Waals surface area contributed by atoms with E-state index in [-0.39, 0.29) is 6.61 Å². The highest BCUT2D eigenvalue weighted by Crippen LogP contribution is 2.36. The molecule has 2 aliphatic rings. The van der Waals surface area contributed by atoms with Crippen LogP contribution in [0.2, 0.25) is 0 Å². The smallest absolute Gasteiger partial charge is 0.0608 e. The van der Waals surface area contributed by atoms with Crippen LogP contribution in [0.5, 0.6) is 0 Å². The van der Waals surface area contributed by atoms with E-state index < -0.39 is 5.54 Å². The van der Waals surface area contributed by atoms with Gasteiger partial charge in [0.05, 0.1) is 6.61 Å². The monoisotopic (exact) mass is 240 g/mol. The lowest BCUT2D eigenvalue weighted by atomic mass is 9.75. The molecule has 0 aromatic heterocycles. The molecule has 0 radical (unpaired) electrons. The lowest BCUT2D eigenvalue weighted by Crippen LogP contribution is -2.47. The van der Waals surface area contributed by atoms with Gasteiger partial charge in [0.15, 0.2) is 0 Å². The summed E-state index contributed by atoms with van der Waals surface area (Å²) in [6, 6.07) is 0. The van der Waals surface area contributed by atoms with Crippen molar-refractivity contribution in [1.29, 1.82) is 0 Å². The molecule has 0 aromatic rings. The first-order valence-electron chi connectivity index (χ1n) is 7.23. The molecule has 0 spiro atoms. The molecule has 0 amide bonds. The number of likely N-dealkylation sites (tertiary alicyclic amines) is 1. The first-order chi connectivity index (χ1) is 8.11. The van der Waals surface area contributed by atoms with Crippen LogP contribution in [0, 0.1) is 11.8 Å². The fraction of sp³-hybridized carbons (Fsp3) is 1.00. The molecule has 100 valence electrons. The third kappa shape index (κ3) is 3.67. The molecule has 1 saturated heterocycles. The number of aliphatic hydroxyl groups excluding tert-OH is 1. The molecule has 3 heteroatoms. The summed E-state index contributed by atoms with van der Waals surface area (Å²) in [6.45, 7) is 5.60. The lowest BCUT2D eigenvalue weighted by molar-refractivity contribution is 0.0774. The van der Waals surface area contributed by atoms with Crippen LogP contribution < -0.4 is 5.73 Å². The van der Waals surface area contributed by atoms with E-state index in [1.165, 1.54) is 45.2 Å². The van der Waals surface area contributed by atoms with Gasteiger partial charge < -0.3 is 15.7 Å². The minimum atomic E-state index is -0.399. The molecule has 1 heterocycles. The fourth-order valence-electron chi connectivity index (χ4n) is 3.37. The van der Waals surface area contributed by atoms with Crippen molar-refractivity contribution in [1.82, 2.24) is 4.90 Å². The summed E-state index contributed by atoms with van der Waals surface area (Å²) in [4.78, 5) is 2.56. The second-order valence-corrected chi connectivity index (χ2v) is 6.46. The minimum absolute atomic E-state index is 0.0902. The molecule has 3 nitrogen and oxygen atoms in total. The van der Waals surface area contributed by atoms with Crippen LogP contribution in [-0.2, 0) is 0 Å². The predicted octanol–water partition coefficient (Wildman–Crippen LogP) is 1.60. The molecule has 2 fully saturated rings. The highest BCUT2D eigenvalue weighted by Gasteiger charge is 2.31. The van der Waals surface area contributed by atoms with Crippen molar-refractivity contribution in [2.24, 2.45) is 17.6 Å². The van der Waals surface area contributed by atoms with E-state index in [0.717, 1.165) is 24.8 Å². The quantitative estimate of drug-likeness (QED) is 0.785. The standard InChI is InChI=1S/C14H28N2O/c1-14(15,11-17)7-9-16-8-6-12-4-2-3-5-13(12)10-16/h12-13,17H,2-11,15H2,1H3.